The van der Waals surface area contributed by atoms with Gasteiger partial charge < -0.3 is 9.47 Å². The maximum absolute atomic E-state index is 12.0. The second kappa shape index (κ2) is 6.97. The Labute approximate surface area is 108 Å². The topological polar surface area (TPSA) is 54.3 Å². The molecule has 0 aliphatic carbocycles. The highest BCUT2D eigenvalue weighted by atomic mass is 19.4. The molecule has 0 spiro atoms. The van der Waals surface area contributed by atoms with E-state index in [1.165, 1.54) is 31.4 Å². The molecule has 0 aromatic heterocycles. The summed E-state index contributed by atoms with van der Waals surface area (Å²) >= 11 is 0. The molecule has 0 bridgehead atoms. The third kappa shape index (κ3) is 5.59. The fourth-order valence-electron chi connectivity index (χ4n) is 1.41. The first-order valence-corrected chi connectivity index (χ1v) is 5.44. The van der Waals surface area contributed by atoms with Crippen LogP contribution in [0.3, 0.4) is 0 Å². The van der Waals surface area contributed by atoms with Crippen molar-refractivity contribution < 1.29 is 22.6 Å². The summed E-state index contributed by atoms with van der Waals surface area (Å²) in [5.41, 5.74) is 0.563. The molecule has 19 heavy (non-hydrogen) atoms. The van der Waals surface area contributed by atoms with Crippen LogP contribution < -0.4 is 10.1 Å². The SMILES string of the molecule is COCCNC(C#N)c1ccc(OC(F)(F)F)cc1. The average molecular weight is 274 g/mol. The predicted octanol–water partition coefficient (Wildman–Crippen LogP) is 2.39. The largest absolute Gasteiger partial charge is 0.573 e. The maximum Gasteiger partial charge on any atom is 0.573 e. The summed E-state index contributed by atoms with van der Waals surface area (Å²) in [6, 6.07) is 6.58. The predicted molar refractivity (Wildman–Crippen MR) is 61.4 cm³/mol. The first kappa shape index (κ1) is 15.3. The number of ether oxygens (including phenoxy) is 2. The molecule has 0 aliphatic rings. The van der Waals surface area contributed by atoms with Gasteiger partial charge >= 0.3 is 6.36 Å². The molecule has 1 aromatic carbocycles. The van der Waals surface area contributed by atoms with Gasteiger partial charge in [0.2, 0.25) is 0 Å². The number of methoxy groups -OCH3 is 1. The van der Waals surface area contributed by atoms with Crippen LogP contribution in [0.25, 0.3) is 0 Å². The van der Waals surface area contributed by atoms with E-state index in [1.807, 2.05) is 6.07 Å². The van der Waals surface area contributed by atoms with Gasteiger partial charge in [-0.05, 0) is 17.7 Å². The minimum absolute atomic E-state index is 0.315. The Morgan fingerprint density at radius 3 is 2.42 bits per heavy atom. The number of rotatable bonds is 6. The van der Waals surface area contributed by atoms with E-state index < -0.39 is 12.4 Å². The van der Waals surface area contributed by atoms with E-state index in [0.717, 1.165) is 0 Å². The lowest BCUT2D eigenvalue weighted by molar-refractivity contribution is -0.274. The minimum Gasteiger partial charge on any atom is -0.406 e. The van der Waals surface area contributed by atoms with Crippen LogP contribution in [0, 0.1) is 11.3 Å². The van der Waals surface area contributed by atoms with E-state index in [4.69, 9.17) is 10.00 Å². The number of nitriles is 1. The van der Waals surface area contributed by atoms with Gasteiger partial charge in [-0.3, -0.25) is 5.32 Å². The van der Waals surface area contributed by atoms with Crippen molar-refractivity contribution in [2.45, 2.75) is 12.4 Å². The van der Waals surface area contributed by atoms with Crippen molar-refractivity contribution in [2.24, 2.45) is 0 Å². The molecular weight excluding hydrogens is 261 g/mol. The lowest BCUT2D eigenvalue weighted by Gasteiger charge is -2.13. The van der Waals surface area contributed by atoms with E-state index in [1.54, 1.807) is 0 Å². The molecule has 0 aliphatic heterocycles. The van der Waals surface area contributed by atoms with Crippen LogP contribution in [0.4, 0.5) is 13.2 Å². The quantitative estimate of drug-likeness (QED) is 0.809. The molecule has 0 heterocycles. The zero-order chi connectivity index (χ0) is 14.3. The smallest absolute Gasteiger partial charge is 0.406 e. The first-order chi connectivity index (χ1) is 8.96. The number of hydrogen-bond acceptors (Lipinski definition) is 4. The molecule has 1 rings (SSSR count). The maximum atomic E-state index is 12.0. The van der Waals surface area contributed by atoms with Crippen LogP contribution >= 0.6 is 0 Å². The fourth-order valence-corrected chi connectivity index (χ4v) is 1.41. The normalized spacial score (nSPS) is 12.8. The number of halogens is 3. The summed E-state index contributed by atoms with van der Waals surface area (Å²) in [5.74, 6) is -0.315. The van der Waals surface area contributed by atoms with Gasteiger partial charge in [-0.2, -0.15) is 5.26 Å². The molecule has 0 fully saturated rings. The Morgan fingerprint density at radius 1 is 1.32 bits per heavy atom. The fraction of sp³-hybridized carbons (Fsp3) is 0.417. The Balaban J connectivity index is 2.66. The Hall–Kier alpha value is -1.78. The molecule has 0 saturated heterocycles. The van der Waals surface area contributed by atoms with Crippen molar-refractivity contribution in [1.29, 1.82) is 5.26 Å². The van der Waals surface area contributed by atoms with Crippen LogP contribution in [-0.4, -0.2) is 26.6 Å². The zero-order valence-electron chi connectivity index (χ0n) is 10.2. The second-order valence-corrected chi connectivity index (χ2v) is 3.63. The van der Waals surface area contributed by atoms with Crippen molar-refractivity contribution in [3.8, 4) is 11.8 Å². The number of alkyl halides is 3. The number of benzene rings is 1. The molecule has 0 saturated carbocycles. The molecule has 1 aromatic rings. The highest BCUT2D eigenvalue weighted by Gasteiger charge is 2.31. The van der Waals surface area contributed by atoms with Crippen molar-refractivity contribution >= 4 is 0 Å². The summed E-state index contributed by atoms with van der Waals surface area (Å²) in [4.78, 5) is 0. The van der Waals surface area contributed by atoms with E-state index in [0.29, 0.717) is 18.7 Å². The monoisotopic (exact) mass is 274 g/mol. The Kier molecular flexibility index (Phi) is 5.60. The molecule has 1 unspecified atom stereocenters. The summed E-state index contributed by atoms with van der Waals surface area (Å²) in [6.45, 7) is 0.906. The lowest BCUT2D eigenvalue weighted by Crippen LogP contribution is -2.24. The molecule has 7 heteroatoms. The summed E-state index contributed by atoms with van der Waals surface area (Å²) in [7, 11) is 1.53. The highest BCUT2D eigenvalue weighted by Crippen LogP contribution is 2.24. The average Bonchev–Trinajstić information content (AvgIpc) is 2.34. The molecule has 0 radical (unpaired) electrons. The number of hydrogen-bond donors (Lipinski definition) is 1. The molecule has 4 nitrogen and oxygen atoms in total. The van der Waals surface area contributed by atoms with Crippen LogP contribution in [-0.2, 0) is 4.74 Å². The highest BCUT2D eigenvalue weighted by molar-refractivity contribution is 5.31. The van der Waals surface area contributed by atoms with Gasteiger partial charge in [0.15, 0.2) is 0 Å². The third-order valence-corrected chi connectivity index (χ3v) is 2.23. The Morgan fingerprint density at radius 2 is 1.95 bits per heavy atom. The van der Waals surface area contributed by atoms with Gasteiger partial charge in [0, 0.05) is 13.7 Å². The molecule has 0 amide bonds. The van der Waals surface area contributed by atoms with Gasteiger partial charge in [-0.1, -0.05) is 12.1 Å². The summed E-state index contributed by atoms with van der Waals surface area (Å²) in [5, 5.41) is 11.9. The van der Waals surface area contributed by atoms with Crippen molar-refractivity contribution in [2.75, 3.05) is 20.3 Å². The van der Waals surface area contributed by atoms with Crippen LogP contribution in [0.2, 0.25) is 0 Å². The van der Waals surface area contributed by atoms with E-state index >= 15 is 0 Å². The van der Waals surface area contributed by atoms with Crippen LogP contribution in [0.5, 0.6) is 5.75 Å². The van der Waals surface area contributed by atoms with Crippen LogP contribution in [0.15, 0.2) is 24.3 Å². The van der Waals surface area contributed by atoms with Gasteiger partial charge in [0.05, 0.1) is 12.7 Å². The third-order valence-electron chi connectivity index (χ3n) is 2.23. The van der Waals surface area contributed by atoms with Gasteiger partial charge in [0.1, 0.15) is 11.8 Å². The van der Waals surface area contributed by atoms with E-state index in [2.05, 4.69) is 10.1 Å². The second-order valence-electron chi connectivity index (χ2n) is 3.63. The number of nitrogens with zero attached hydrogens (tertiary/aromatic N) is 1. The minimum atomic E-state index is -4.72. The molecule has 104 valence electrons. The Bertz CT molecular complexity index is 426. The van der Waals surface area contributed by atoms with Gasteiger partial charge in [0.25, 0.3) is 0 Å². The molecule has 1 atom stereocenters. The van der Waals surface area contributed by atoms with Crippen molar-refractivity contribution in [3.05, 3.63) is 29.8 Å². The lowest BCUT2D eigenvalue weighted by atomic mass is 10.1. The van der Waals surface area contributed by atoms with E-state index in [-0.39, 0.29) is 5.75 Å². The first-order valence-electron chi connectivity index (χ1n) is 5.44. The van der Waals surface area contributed by atoms with Gasteiger partial charge in [-0.15, -0.1) is 13.2 Å². The molecule has 1 N–H and O–H groups in total. The van der Waals surface area contributed by atoms with Crippen molar-refractivity contribution in [1.82, 2.24) is 5.32 Å². The summed E-state index contributed by atoms with van der Waals surface area (Å²) in [6.07, 6.45) is -4.72. The molecular formula is C12H13F3N2O2. The van der Waals surface area contributed by atoms with Crippen LogP contribution in [0.1, 0.15) is 11.6 Å². The van der Waals surface area contributed by atoms with Crippen molar-refractivity contribution in [3.63, 3.8) is 0 Å². The standard InChI is InChI=1S/C12H13F3N2O2/c1-18-7-6-17-11(8-16)9-2-4-10(5-3-9)19-12(13,14)15/h2-5,11,17H,6-7H2,1H3. The van der Waals surface area contributed by atoms with E-state index in [9.17, 15) is 13.2 Å². The number of nitrogens with one attached hydrogen (secondary N) is 1. The summed E-state index contributed by atoms with van der Waals surface area (Å²) < 4.78 is 44.5. The zero-order valence-corrected chi connectivity index (χ0v) is 10.2. The van der Waals surface area contributed by atoms with Gasteiger partial charge in [-0.25, -0.2) is 0 Å².